The van der Waals surface area contributed by atoms with Gasteiger partial charge in [0.25, 0.3) is 0 Å². The first-order valence-electron chi connectivity index (χ1n) is 9.19. The molecule has 0 radical (unpaired) electrons. The number of carboxylic acids is 1. The number of nitrogens with zero attached hydrogens (tertiary/aromatic N) is 1. The van der Waals surface area contributed by atoms with E-state index >= 15 is 0 Å². The molecule has 1 atom stereocenters. The Hall–Kier alpha value is -3.64. The largest absolute Gasteiger partial charge is 0.479 e. The molecular formula is C23H20N2O4. The zero-order valence-corrected chi connectivity index (χ0v) is 15.8. The highest BCUT2D eigenvalue weighted by Gasteiger charge is 2.25. The van der Waals surface area contributed by atoms with Gasteiger partial charge in [0.2, 0.25) is 5.91 Å². The van der Waals surface area contributed by atoms with Gasteiger partial charge in [-0.2, -0.15) is 0 Å². The van der Waals surface area contributed by atoms with Crippen LogP contribution in [0.1, 0.15) is 33.2 Å². The second-order valence-corrected chi connectivity index (χ2v) is 7.07. The van der Waals surface area contributed by atoms with Crippen molar-refractivity contribution in [3.05, 3.63) is 82.9 Å². The quantitative estimate of drug-likeness (QED) is 0.487. The summed E-state index contributed by atoms with van der Waals surface area (Å²) >= 11 is 0. The summed E-state index contributed by atoms with van der Waals surface area (Å²) in [5.41, 5.74) is 9.66. The Morgan fingerprint density at radius 2 is 1.72 bits per heavy atom. The molecule has 0 bridgehead atoms. The SMILES string of the molecule is Cc1ccc(C(O)C(=O)O)c2c3c(C(N)=O)cccc3n(Cc3ccccc3)c12. The molecule has 0 aliphatic heterocycles. The number of aromatic nitrogens is 1. The maximum absolute atomic E-state index is 12.2. The van der Waals surface area contributed by atoms with E-state index in [-0.39, 0.29) is 5.56 Å². The van der Waals surface area contributed by atoms with Crippen molar-refractivity contribution >= 4 is 33.7 Å². The number of aliphatic hydroxyl groups excluding tert-OH is 1. The number of amides is 1. The van der Waals surface area contributed by atoms with Gasteiger partial charge >= 0.3 is 5.97 Å². The molecule has 1 aromatic heterocycles. The molecule has 0 aliphatic carbocycles. The number of hydrogen-bond donors (Lipinski definition) is 3. The van der Waals surface area contributed by atoms with Gasteiger partial charge in [0.1, 0.15) is 0 Å². The highest BCUT2D eigenvalue weighted by Crippen LogP contribution is 2.38. The van der Waals surface area contributed by atoms with Gasteiger partial charge in [0, 0.05) is 28.4 Å². The molecule has 1 unspecified atom stereocenters. The third kappa shape index (κ3) is 3.03. The smallest absolute Gasteiger partial charge is 0.337 e. The summed E-state index contributed by atoms with van der Waals surface area (Å²) in [4.78, 5) is 23.7. The van der Waals surface area contributed by atoms with Gasteiger partial charge in [-0.15, -0.1) is 0 Å². The zero-order valence-electron chi connectivity index (χ0n) is 15.8. The fraction of sp³-hybridized carbons (Fsp3) is 0.130. The minimum atomic E-state index is -1.71. The average Bonchev–Trinajstić information content (AvgIpc) is 3.04. The molecule has 0 saturated heterocycles. The summed E-state index contributed by atoms with van der Waals surface area (Å²) in [6.07, 6.45) is -1.71. The van der Waals surface area contributed by atoms with Crippen molar-refractivity contribution in [3.63, 3.8) is 0 Å². The number of aryl methyl sites for hydroxylation is 1. The third-order valence-electron chi connectivity index (χ3n) is 5.24. The first-order valence-corrected chi connectivity index (χ1v) is 9.19. The topological polar surface area (TPSA) is 106 Å². The van der Waals surface area contributed by atoms with Gasteiger partial charge in [-0.1, -0.05) is 48.5 Å². The standard InChI is InChI=1S/C23H20N2O4/c1-13-10-11-15(21(26)23(28)29)19-18-16(22(24)27)8-5-9-17(18)25(20(13)19)12-14-6-3-2-4-7-14/h2-11,21,26H,12H2,1H3,(H2,24,27)(H,28,29). The Morgan fingerprint density at radius 1 is 1.00 bits per heavy atom. The van der Waals surface area contributed by atoms with Gasteiger partial charge in [-0.3, -0.25) is 4.79 Å². The number of rotatable bonds is 5. The monoisotopic (exact) mass is 388 g/mol. The van der Waals surface area contributed by atoms with E-state index in [1.807, 2.05) is 47.9 Å². The first kappa shape index (κ1) is 18.7. The molecule has 4 aromatic rings. The number of carbonyl (C=O) groups is 2. The van der Waals surface area contributed by atoms with Crippen LogP contribution < -0.4 is 5.73 Å². The molecule has 146 valence electrons. The molecule has 0 spiro atoms. The normalized spacial score (nSPS) is 12.3. The summed E-state index contributed by atoms with van der Waals surface area (Å²) in [5, 5.41) is 20.9. The second kappa shape index (κ2) is 7.07. The number of benzene rings is 3. The number of carboxylic acid groups (broad SMARTS) is 1. The van der Waals surface area contributed by atoms with Crippen molar-refractivity contribution in [2.45, 2.75) is 19.6 Å². The molecular weight excluding hydrogens is 368 g/mol. The van der Waals surface area contributed by atoms with Crippen LogP contribution >= 0.6 is 0 Å². The molecule has 4 N–H and O–H groups in total. The Bertz CT molecular complexity index is 1260. The van der Waals surface area contributed by atoms with E-state index in [1.165, 1.54) is 0 Å². The minimum Gasteiger partial charge on any atom is -0.479 e. The van der Waals surface area contributed by atoms with Crippen LogP contribution in [0.2, 0.25) is 0 Å². The fourth-order valence-electron chi connectivity index (χ4n) is 3.97. The van der Waals surface area contributed by atoms with E-state index in [0.717, 1.165) is 22.2 Å². The molecule has 0 fully saturated rings. The molecule has 3 aromatic carbocycles. The number of primary amides is 1. The Kier molecular flexibility index (Phi) is 4.56. The summed E-state index contributed by atoms with van der Waals surface area (Å²) in [7, 11) is 0. The third-order valence-corrected chi connectivity index (χ3v) is 5.24. The van der Waals surface area contributed by atoms with E-state index in [1.54, 1.807) is 24.3 Å². The van der Waals surface area contributed by atoms with E-state index in [2.05, 4.69) is 0 Å². The first-order chi connectivity index (χ1) is 13.9. The predicted molar refractivity (Wildman–Crippen MR) is 111 cm³/mol. The number of hydrogen-bond acceptors (Lipinski definition) is 3. The number of aliphatic hydroxyl groups is 1. The van der Waals surface area contributed by atoms with Crippen LogP contribution in [0.3, 0.4) is 0 Å². The Balaban J connectivity index is 2.17. The van der Waals surface area contributed by atoms with Gasteiger partial charge < -0.3 is 20.5 Å². The molecule has 6 heteroatoms. The van der Waals surface area contributed by atoms with E-state index in [0.29, 0.717) is 22.9 Å². The van der Waals surface area contributed by atoms with Crippen LogP contribution in [0.4, 0.5) is 0 Å². The van der Waals surface area contributed by atoms with E-state index in [4.69, 9.17) is 5.73 Å². The van der Waals surface area contributed by atoms with Gasteiger partial charge in [-0.05, 0) is 30.2 Å². The molecule has 6 nitrogen and oxygen atoms in total. The minimum absolute atomic E-state index is 0.239. The lowest BCUT2D eigenvalue weighted by molar-refractivity contribution is -0.146. The summed E-state index contributed by atoms with van der Waals surface area (Å²) < 4.78 is 2.04. The Labute approximate surface area is 166 Å². The second-order valence-electron chi connectivity index (χ2n) is 7.07. The van der Waals surface area contributed by atoms with Crippen LogP contribution in [-0.4, -0.2) is 26.7 Å². The molecule has 0 saturated carbocycles. The van der Waals surface area contributed by atoms with Crippen LogP contribution in [-0.2, 0) is 11.3 Å². The highest BCUT2D eigenvalue weighted by molar-refractivity contribution is 6.19. The predicted octanol–water partition coefficient (Wildman–Crippen LogP) is 3.37. The van der Waals surface area contributed by atoms with Crippen molar-refractivity contribution in [2.24, 2.45) is 5.73 Å². The number of aliphatic carboxylic acids is 1. The van der Waals surface area contributed by atoms with Crippen LogP contribution in [0, 0.1) is 6.92 Å². The van der Waals surface area contributed by atoms with Crippen molar-refractivity contribution in [3.8, 4) is 0 Å². The van der Waals surface area contributed by atoms with Crippen molar-refractivity contribution in [1.29, 1.82) is 0 Å². The Morgan fingerprint density at radius 3 is 2.38 bits per heavy atom. The van der Waals surface area contributed by atoms with Crippen LogP contribution in [0.15, 0.2) is 60.7 Å². The van der Waals surface area contributed by atoms with Crippen LogP contribution in [0.25, 0.3) is 21.8 Å². The summed E-state index contributed by atoms with van der Waals surface area (Å²) in [6.45, 7) is 2.44. The number of fused-ring (bicyclic) bond motifs is 3. The summed E-state index contributed by atoms with van der Waals surface area (Å²) in [5.74, 6) is -1.96. The van der Waals surface area contributed by atoms with Crippen molar-refractivity contribution < 1.29 is 19.8 Å². The lowest BCUT2D eigenvalue weighted by atomic mass is 9.97. The van der Waals surface area contributed by atoms with Crippen molar-refractivity contribution in [1.82, 2.24) is 4.57 Å². The lowest BCUT2D eigenvalue weighted by Gasteiger charge is -2.12. The maximum atomic E-state index is 12.2. The fourth-order valence-corrected chi connectivity index (χ4v) is 3.97. The maximum Gasteiger partial charge on any atom is 0.337 e. The van der Waals surface area contributed by atoms with Crippen molar-refractivity contribution in [2.75, 3.05) is 0 Å². The number of nitrogens with two attached hydrogens (primary N) is 1. The summed E-state index contributed by atoms with van der Waals surface area (Å²) in [6, 6.07) is 18.5. The van der Waals surface area contributed by atoms with Gasteiger partial charge in [-0.25, -0.2) is 4.79 Å². The molecule has 29 heavy (non-hydrogen) atoms. The molecule has 1 amide bonds. The molecule has 4 rings (SSSR count). The number of carbonyl (C=O) groups excluding carboxylic acids is 1. The van der Waals surface area contributed by atoms with E-state index in [9.17, 15) is 19.8 Å². The van der Waals surface area contributed by atoms with Gasteiger partial charge in [0.05, 0.1) is 11.0 Å². The molecule has 0 aliphatic rings. The van der Waals surface area contributed by atoms with Gasteiger partial charge in [0.15, 0.2) is 6.10 Å². The lowest BCUT2D eigenvalue weighted by Crippen LogP contribution is -2.12. The highest BCUT2D eigenvalue weighted by atomic mass is 16.4. The van der Waals surface area contributed by atoms with E-state index < -0.39 is 18.0 Å². The molecule has 1 heterocycles. The average molecular weight is 388 g/mol. The van der Waals surface area contributed by atoms with Crippen LogP contribution in [0.5, 0.6) is 0 Å². The zero-order chi connectivity index (χ0) is 20.7.